The van der Waals surface area contributed by atoms with Crippen molar-refractivity contribution >= 4 is 34.3 Å². The van der Waals surface area contributed by atoms with Crippen molar-refractivity contribution < 1.29 is 9.32 Å². The molecule has 1 atom stereocenters. The fourth-order valence-corrected chi connectivity index (χ4v) is 5.39. The third-order valence-corrected chi connectivity index (χ3v) is 7.68. The summed E-state index contributed by atoms with van der Waals surface area (Å²) >= 11 is 3.27. The Balaban J connectivity index is 1.54. The summed E-state index contributed by atoms with van der Waals surface area (Å²) in [6, 6.07) is 15.9. The molecule has 0 saturated heterocycles. The largest absolute Gasteiger partial charge is 0.334 e. The SMILES string of the molecule is CCc1ccc(C2NC(=O)N(CCc3cccs3)C(C)=C2c2nc(-c3cccs3)no2)cc1. The number of aromatic nitrogens is 2. The molecule has 1 unspecified atom stereocenters. The van der Waals surface area contributed by atoms with E-state index in [4.69, 9.17) is 9.51 Å². The number of allylic oxidation sites excluding steroid dienone is 1. The monoisotopic (exact) mass is 476 g/mol. The third kappa shape index (κ3) is 4.36. The average molecular weight is 477 g/mol. The highest BCUT2D eigenvalue weighted by Gasteiger charge is 2.35. The van der Waals surface area contributed by atoms with Crippen molar-refractivity contribution in [1.29, 1.82) is 0 Å². The number of hydrogen-bond acceptors (Lipinski definition) is 6. The molecule has 0 radical (unpaired) electrons. The molecule has 0 bridgehead atoms. The Morgan fingerprint density at radius 2 is 1.88 bits per heavy atom. The Hall–Kier alpha value is -3.23. The van der Waals surface area contributed by atoms with Crippen molar-refractivity contribution in [3.63, 3.8) is 0 Å². The lowest BCUT2D eigenvalue weighted by Gasteiger charge is -2.35. The van der Waals surface area contributed by atoms with Crippen molar-refractivity contribution in [2.45, 2.75) is 32.7 Å². The number of urea groups is 1. The van der Waals surface area contributed by atoms with Crippen LogP contribution in [0.15, 0.2) is 69.5 Å². The highest BCUT2D eigenvalue weighted by atomic mass is 32.1. The van der Waals surface area contributed by atoms with Gasteiger partial charge in [0, 0.05) is 17.1 Å². The van der Waals surface area contributed by atoms with Crippen LogP contribution in [0.1, 0.15) is 41.8 Å². The van der Waals surface area contributed by atoms with Crippen LogP contribution in [0.25, 0.3) is 16.3 Å². The normalized spacial score (nSPS) is 16.4. The molecule has 1 aliphatic heterocycles. The zero-order chi connectivity index (χ0) is 22.8. The van der Waals surface area contributed by atoms with E-state index in [0.29, 0.717) is 18.3 Å². The van der Waals surface area contributed by atoms with Gasteiger partial charge in [-0.05, 0) is 53.8 Å². The third-order valence-electron chi connectivity index (χ3n) is 5.88. The van der Waals surface area contributed by atoms with Crippen LogP contribution >= 0.6 is 22.7 Å². The van der Waals surface area contributed by atoms with E-state index in [2.05, 4.69) is 53.1 Å². The van der Waals surface area contributed by atoms with Crippen molar-refractivity contribution in [3.8, 4) is 10.7 Å². The first-order valence-corrected chi connectivity index (χ1v) is 12.7. The van der Waals surface area contributed by atoms with E-state index >= 15 is 0 Å². The molecule has 1 aromatic carbocycles. The minimum atomic E-state index is -0.363. The molecule has 0 saturated carbocycles. The van der Waals surface area contributed by atoms with Crippen LogP contribution < -0.4 is 5.32 Å². The summed E-state index contributed by atoms with van der Waals surface area (Å²) in [5.74, 6) is 0.990. The fourth-order valence-electron chi connectivity index (χ4n) is 4.04. The standard InChI is InChI=1S/C25H24N4O2S2/c1-3-17-8-10-18(11-9-17)22-21(24-27-23(28-31-24)20-7-5-15-33-20)16(2)29(25(30)26-22)13-12-19-6-4-14-32-19/h4-11,14-15,22H,3,12-13H2,1-2H3,(H,26,30). The summed E-state index contributed by atoms with van der Waals surface area (Å²) in [7, 11) is 0. The topological polar surface area (TPSA) is 71.3 Å². The molecule has 1 aliphatic rings. The van der Waals surface area contributed by atoms with E-state index in [1.165, 1.54) is 10.4 Å². The van der Waals surface area contributed by atoms with Crippen molar-refractivity contribution in [2.75, 3.05) is 6.54 Å². The number of rotatable bonds is 7. The summed E-state index contributed by atoms with van der Waals surface area (Å²) in [6.07, 6.45) is 1.75. The Bertz CT molecular complexity index is 1260. The second-order valence-corrected chi connectivity index (χ2v) is 9.84. The number of amides is 2. The first-order valence-electron chi connectivity index (χ1n) is 10.9. The van der Waals surface area contributed by atoms with Crippen molar-refractivity contribution in [1.82, 2.24) is 20.4 Å². The van der Waals surface area contributed by atoms with E-state index in [1.54, 1.807) is 27.6 Å². The van der Waals surface area contributed by atoms with Gasteiger partial charge in [0.05, 0.1) is 16.5 Å². The maximum Gasteiger partial charge on any atom is 0.322 e. The zero-order valence-corrected chi connectivity index (χ0v) is 20.1. The second-order valence-electron chi connectivity index (χ2n) is 7.86. The van der Waals surface area contributed by atoms with Crippen LogP contribution in [0.2, 0.25) is 0 Å². The van der Waals surface area contributed by atoms with Gasteiger partial charge in [-0.1, -0.05) is 48.5 Å². The summed E-state index contributed by atoms with van der Waals surface area (Å²) in [4.78, 5) is 21.8. The number of thiophene rings is 2. The molecule has 4 heterocycles. The summed E-state index contributed by atoms with van der Waals surface area (Å²) < 4.78 is 5.74. The number of benzene rings is 1. The van der Waals surface area contributed by atoms with Crippen LogP contribution in [0.4, 0.5) is 4.79 Å². The Morgan fingerprint density at radius 1 is 1.09 bits per heavy atom. The summed E-state index contributed by atoms with van der Waals surface area (Å²) in [5, 5.41) is 11.4. The lowest BCUT2D eigenvalue weighted by atomic mass is 9.93. The minimum Gasteiger partial charge on any atom is -0.334 e. The number of hydrogen-bond donors (Lipinski definition) is 1. The maximum absolute atomic E-state index is 13.2. The van der Waals surface area contributed by atoms with Gasteiger partial charge in [-0.25, -0.2) is 4.79 Å². The van der Waals surface area contributed by atoms with E-state index in [9.17, 15) is 4.79 Å². The number of aryl methyl sites for hydroxylation is 1. The molecule has 0 aliphatic carbocycles. The number of carbonyl (C=O) groups excluding carboxylic acids is 1. The highest BCUT2D eigenvalue weighted by molar-refractivity contribution is 7.13. The van der Waals surface area contributed by atoms with E-state index < -0.39 is 0 Å². The van der Waals surface area contributed by atoms with Gasteiger partial charge in [0.15, 0.2) is 0 Å². The van der Waals surface area contributed by atoms with Gasteiger partial charge in [0.25, 0.3) is 5.89 Å². The first kappa shape index (κ1) is 21.6. The molecule has 6 nitrogen and oxygen atoms in total. The van der Waals surface area contributed by atoms with Crippen molar-refractivity contribution in [3.05, 3.63) is 86.9 Å². The molecule has 2 amide bonds. The number of carbonyl (C=O) groups is 1. The average Bonchev–Trinajstić information content (AvgIpc) is 3.61. The van der Waals surface area contributed by atoms with E-state index in [1.807, 2.05) is 30.5 Å². The lowest BCUT2D eigenvalue weighted by molar-refractivity contribution is 0.205. The molecule has 168 valence electrons. The van der Waals surface area contributed by atoms with Gasteiger partial charge in [-0.15, -0.1) is 22.7 Å². The Kier molecular flexibility index (Phi) is 6.11. The van der Waals surface area contributed by atoms with Crippen molar-refractivity contribution in [2.24, 2.45) is 0 Å². The quantitative estimate of drug-likeness (QED) is 0.347. The fraction of sp³-hybridized carbons (Fsp3) is 0.240. The molecule has 4 aromatic rings. The van der Waals surface area contributed by atoms with Gasteiger partial charge in [0.1, 0.15) is 0 Å². The Labute approximate surface area is 200 Å². The molecule has 1 N–H and O–H groups in total. The molecule has 8 heteroatoms. The molecular formula is C25H24N4O2S2. The van der Waals surface area contributed by atoms with Crippen LogP contribution in [0, 0.1) is 0 Å². The van der Waals surface area contributed by atoms with Gasteiger partial charge in [0.2, 0.25) is 5.82 Å². The minimum absolute atomic E-state index is 0.115. The molecule has 5 rings (SSSR count). The first-order chi connectivity index (χ1) is 16.1. The highest BCUT2D eigenvalue weighted by Crippen LogP contribution is 2.37. The Morgan fingerprint density at radius 3 is 2.58 bits per heavy atom. The van der Waals surface area contributed by atoms with Crippen LogP contribution in [-0.2, 0) is 12.8 Å². The van der Waals surface area contributed by atoms with E-state index in [-0.39, 0.29) is 12.1 Å². The number of nitrogens with zero attached hydrogens (tertiary/aromatic N) is 3. The van der Waals surface area contributed by atoms with Crippen LogP contribution in [0.3, 0.4) is 0 Å². The maximum atomic E-state index is 13.2. The van der Waals surface area contributed by atoms with Crippen LogP contribution in [0.5, 0.6) is 0 Å². The van der Waals surface area contributed by atoms with Gasteiger partial charge >= 0.3 is 6.03 Å². The smallest absolute Gasteiger partial charge is 0.322 e. The molecule has 3 aromatic heterocycles. The predicted molar refractivity (Wildman–Crippen MR) is 132 cm³/mol. The molecule has 0 spiro atoms. The molecular weight excluding hydrogens is 452 g/mol. The zero-order valence-electron chi connectivity index (χ0n) is 18.4. The lowest BCUT2D eigenvalue weighted by Crippen LogP contribution is -2.46. The predicted octanol–water partition coefficient (Wildman–Crippen LogP) is 6.16. The summed E-state index contributed by atoms with van der Waals surface area (Å²) in [5.41, 5.74) is 3.91. The second kappa shape index (κ2) is 9.33. The van der Waals surface area contributed by atoms with Gasteiger partial charge in [-0.2, -0.15) is 4.98 Å². The van der Waals surface area contributed by atoms with E-state index in [0.717, 1.165) is 34.6 Å². The van der Waals surface area contributed by atoms with Crippen LogP contribution in [-0.4, -0.2) is 27.6 Å². The summed E-state index contributed by atoms with van der Waals surface area (Å²) in [6.45, 7) is 4.67. The van der Waals surface area contributed by atoms with Gasteiger partial charge < -0.3 is 9.84 Å². The molecule has 0 fully saturated rings. The van der Waals surface area contributed by atoms with Gasteiger partial charge in [-0.3, -0.25) is 4.90 Å². The molecule has 33 heavy (non-hydrogen) atoms. The number of nitrogens with one attached hydrogen (secondary N) is 1.